The molecule has 1 N–H and O–H groups in total. The van der Waals surface area contributed by atoms with Crippen molar-refractivity contribution in [3.8, 4) is 6.07 Å². The first-order valence-corrected chi connectivity index (χ1v) is 4.01. The van der Waals surface area contributed by atoms with E-state index in [9.17, 15) is 4.79 Å². The highest BCUT2D eigenvalue weighted by Gasteiger charge is 2.12. The minimum atomic E-state index is -0.622. The van der Waals surface area contributed by atoms with Crippen LogP contribution < -0.4 is 0 Å². The molecule has 0 aromatic heterocycles. The number of carbonyl (C=O) groups excluding carboxylic acids is 1. The Morgan fingerprint density at radius 2 is 2.38 bits per heavy atom. The topological polar surface area (TPSA) is 82.7 Å². The van der Waals surface area contributed by atoms with E-state index in [2.05, 4.69) is 9.89 Å². The fourth-order valence-electron chi connectivity index (χ4n) is 0.742. The third-order valence-electron chi connectivity index (χ3n) is 1.33. The molecule has 0 unspecified atom stereocenters. The molecule has 0 aromatic carbocycles. The van der Waals surface area contributed by atoms with E-state index in [0.29, 0.717) is 12.8 Å². The van der Waals surface area contributed by atoms with E-state index in [1.807, 2.05) is 6.07 Å². The first-order chi connectivity index (χ1) is 6.26. The Morgan fingerprint density at radius 1 is 1.69 bits per heavy atom. The number of hydrogen-bond acceptors (Lipinski definition) is 5. The molecule has 0 aromatic rings. The smallest absolute Gasteiger partial charge is 0.356 e. The van der Waals surface area contributed by atoms with Crippen molar-refractivity contribution >= 4 is 11.7 Å². The number of nitrogens with zero attached hydrogens (tertiary/aromatic N) is 2. The SMILES string of the molecule is CCOC(=O)/C(CCCC#N)=N\O. The molecule has 13 heavy (non-hydrogen) atoms. The van der Waals surface area contributed by atoms with Gasteiger partial charge in [0.1, 0.15) is 0 Å². The van der Waals surface area contributed by atoms with Crippen molar-refractivity contribution in [2.24, 2.45) is 5.16 Å². The van der Waals surface area contributed by atoms with Gasteiger partial charge in [0.15, 0.2) is 5.71 Å². The Labute approximate surface area is 76.6 Å². The van der Waals surface area contributed by atoms with Gasteiger partial charge >= 0.3 is 5.97 Å². The van der Waals surface area contributed by atoms with Crippen LogP contribution in [0.25, 0.3) is 0 Å². The Balaban J connectivity index is 3.91. The van der Waals surface area contributed by atoms with Crippen LogP contribution in [0.5, 0.6) is 0 Å². The van der Waals surface area contributed by atoms with Crippen LogP contribution in [0.1, 0.15) is 26.2 Å². The highest BCUT2D eigenvalue weighted by molar-refractivity contribution is 6.36. The molecule has 0 rings (SSSR count). The Bertz CT molecular complexity index is 230. The van der Waals surface area contributed by atoms with Gasteiger partial charge in [0, 0.05) is 12.8 Å². The van der Waals surface area contributed by atoms with Crippen molar-refractivity contribution in [2.45, 2.75) is 26.2 Å². The molecule has 0 fully saturated rings. The molecule has 0 amide bonds. The van der Waals surface area contributed by atoms with E-state index in [1.165, 1.54) is 0 Å². The van der Waals surface area contributed by atoms with E-state index in [4.69, 9.17) is 10.5 Å². The van der Waals surface area contributed by atoms with E-state index >= 15 is 0 Å². The minimum Gasteiger partial charge on any atom is -0.461 e. The summed E-state index contributed by atoms with van der Waals surface area (Å²) in [6.07, 6.45) is 1.09. The van der Waals surface area contributed by atoms with Gasteiger partial charge in [0.25, 0.3) is 0 Å². The number of rotatable bonds is 5. The van der Waals surface area contributed by atoms with Crippen LogP contribution in [-0.4, -0.2) is 23.5 Å². The van der Waals surface area contributed by atoms with Gasteiger partial charge in [-0.3, -0.25) is 0 Å². The monoisotopic (exact) mass is 184 g/mol. The number of nitriles is 1. The summed E-state index contributed by atoms with van der Waals surface area (Å²) >= 11 is 0. The molecule has 0 saturated carbocycles. The second-order valence-corrected chi connectivity index (χ2v) is 2.28. The first-order valence-electron chi connectivity index (χ1n) is 4.01. The molecule has 0 radical (unpaired) electrons. The number of carbonyl (C=O) groups is 1. The molecule has 0 heterocycles. The number of hydrogen-bond donors (Lipinski definition) is 1. The Hall–Kier alpha value is -1.57. The van der Waals surface area contributed by atoms with Gasteiger partial charge in [-0.1, -0.05) is 5.16 Å². The maximum atomic E-state index is 11.0. The first kappa shape index (κ1) is 11.4. The molecule has 0 aliphatic rings. The average Bonchev–Trinajstić information content (AvgIpc) is 2.13. The third kappa shape index (κ3) is 4.80. The maximum absolute atomic E-state index is 11.0. The van der Waals surface area contributed by atoms with Crippen molar-refractivity contribution < 1.29 is 14.7 Å². The summed E-state index contributed by atoms with van der Waals surface area (Å²) in [5.74, 6) is -0.622. The van der Waals surface area contributed by atoms with Crippen molar-refractivity contribution in [2.75, 3.05) is 6.61 Å². The predicted molar refractivity (Wildman–Crippen MR) is 45.3 cm³/mol. The molecule has 5 heteroatoms. The van der Waals surface area contributed by atoms with E-state index in [1.54, 1.807) is 6.92 Å². The zero-order chi connectivity index (χ0) is 10.1. The molecular formula is C8H12N2O3. The van der Waals surface area contributed by atoms with Crippen LogP contribution >= 0.6 is 0 Å². The van der Waals surface area contributed by atoms with Gasteiger partial charge < -0.3 is 9.94 Å². The fraction of sp³-hybridized carbons (Fsp3) is 0.625. The Kier molecular flexibility index (Phi) is 6.24. The van der Waals surface area contributed by atoms with Crippen LogP contribution in [0.3, 0.4) is 0 Å². The van der Waals surface area contributed by atoms with Crippen LogP contribution in [0.15, 0.2) is 5.16 Å². The molecule has 5 nitrogen and oxygen atoms in total. The summed E-state index contributed by atoms with van der Waals surface area (Å²) in [7, 11) is 0. The van der Waals surface area contributed by atoms with E-state index in [-0.39, 0.29) is 18.7 Å². The lowest BCUT2D eigenvalue weighted by molar-refractivity contribution is -0.135. The van der Waals surface area contributed by atoms with Crippen molar-refractivity contribution in [3.63, 3.8) is 0 Å². The van der Waals surface area contributed by atoms with E-state index in [0.717, 1.165) is 0 Å². The maximum Gasteiger partial charge on any atom is 0.356 e. The molecule has 0 spiro atoms. The van der Waals surface area contributed by atoms with Crippen molar-refractivity contribution in [3.05, 3.63) is 0 Å². The number of esters is 1. The zero-order valence-corrected chi connectivity index (χ0v) is 7.49. The molecule has 72 valence electrons. The number of oxime groups is 1. The lowest BCUT2D eigenvalue weighted by atomic mass is 10.2. The standard InChI is InChI=1S/C8H12N2O3/c1-2-13-8(11)7(10-12)5-3-4-6-9/h12H,2-5H2,1H3/b10-7-. The fourth-order valence-corrected chi connectivity index (χ4v) is 0.742. The summed E-state index contributed by atoms with van der Waals surface area (Å²) < 4.78 is 4.61. The van der Waals surface area contributed by atoms with Gasteiger partial charge in [0.05, 0.1) is 12.7 Å². The number of unbranched alkanes of at least 4 members (excludes halogenated alkanes) is 1. The second kappa shape index (κ2) is 7.10. The highest BCUT2D eigenvalue weighted by atomic mass is 16.5. The minimum absolute atomic E-state index is 0.0305. The summed E-state index contributed by atoms with van der Waals surface area (Å²) in [5, 5.41) is 19.5. The van der Waals surface area contributed by atoms with E-state index < -0.39 is 5.97 Å². The van der Waals surface area contributed by atoms with Gasteiger partial charge in [-0.2, -0.15) is 5.26 Å². The van der Waals surface area contributed by atoms with Gasteiger partial charge in [-0.05, 0) is 13.3 Å². The zero-order valence-electron chi connectivity index (χ0n) is 7.49. The number of ether oxygens (including phenoxy) is 1. The average molecular weight is 184 g/mol. The molecular weight excluding hydrogens is 172 g/mol. The Morgan fingerprint density at radius 3 is 2.85 bits per heavy atom. The second-order valence-electron chi connectivity index (χ2n) is 2.28. The van der Waals surface area contributed by atoms with Gasteiger partial charge in [0.2, 0.25) is 0 Å². The van der Waals surface area contributed by atoms with Crippen molar-refractivity contribution in [1.82, 2.24) is 0 Å². The third-order valence-corrected chi connectivity index (χ3v) is 1.33. The van der Waals surface area contributed by atoms with Gasteiger partial charge in [-0.15, -0.1) is 0 Å². The molecule has 0 bridgehead atoms. The van der Waals surface area contributed by atoms with Crippen LogP contribution in [-0.2, 0) is 9.53 Å². The predicted octanol–water partition coefficient (Wildman–Crippen LogP) is 1.07. The normalized spacial score (nSPS) is 10.6. The molecule has 0 saturated heterocycles. The quantitative estimate of drug-likeness (QED) is 0.228. The molecule has 0 aliphatic heterocycles. The molecule has 0 atom stereocenters. The summed E-state index contributed by atoms with van der Waals surface area (Å²) in [6.45, 7) is 1.91. The lowest BCUT2D eigenvalue weighted by Gasteiger charge is -2.01. The molecule has 0 aliphatic carbocycles. The summed E-state index contributed by atoms with van der Waals surface area (Å²) in [6, 6.07) is 1.93. The van der Waals surface area contributed by atoms with Gasteiger partial charge in [-0.25, -0.2) is 4.79 Å². The lowest BCUT2D eigenvalue weighted by Crippen LogP contribution is -2.17. The van der Waals surface area contributed by atoms with Crippen LogP contribution in [0.2, 0.25) is 0 Å². The van der Waals surface area contributed by atoms with Crippen LogP contribution in [0, 0.1) is 11.3 Å². The summed E-state index contributed by atoms with van der Waals surface area (Å²) in [5.41, 5.74) is -0.0305. The summed E-state index contributed by atoms with van der Waals surface area (Å²) in [4.78, 5) is 11.0. The van der Waals surface area contributed by atoms with Crippen molar-refractivity contribution in [1.29, 1.82) is 5.26 Å². The highest BCUT2D eigenvalue weighted by Crippen LogP contribution is 1.98. The van der Waals surface area contributed by atoms with Crippen LogP contribution in [0.4, 0.5) is 0 Å². The largest absolute Gasteiger partial charge is 0.461 e.